The molecule has 1 aromatic heterocycles. The standard InChI is InChI=1S/C10H17N3O2S/c1-15-10(14)2-4-16-5-3-11-6-9-7-12-8-13-9/h7-8,11H,2-6H2,1H3,(H,12,13). The third-order valence-electron chi connectivity index (χ3n) is 1.97. The van der Waals surface area contributed by atoms with Gasteiger partial charge >= 0.3 is 5.97 Å². The minimum Gasteiger partial charge on any atom is -0.469 e. The molecule has 16 heavy (non-hydrogen) atoms. The molecule has 5 nitrogen and oxygen atoms in total. The maximum atomic E-state index is 10.8. The maximum absolute atomic E-state index is 10.8. The Hall–Kier alpha value is -1.01. The van der Waals surface area contributed by atoms with E-state index in [1.165, 1.54) is 7.11 Å². The number of nitrogens with zero attached hydrogens (tertiary/aromatic N) is 1. The lowest BCUT2D eigenvalue weighted by molar-refractivity contribution is -0.140. The summed E-state index contributed by atoms with van der Waals surface area (Å²) in [6.07, 6.45) is 3.96. The lowest BCUT2D eigenvalue weighted by Gasteiger charge is -2.02. The van der Waals surface area contributed by atoms with Gasteiger partial charge in [0, 0.05) is 36.5 Å². The minimum absolute atomic E-state index is 0.141. The van der Waals surface area contributed by atoms with Crippen molar-refractivity contribution >= 4 is 17.7 Å². The molecule has 0 fully saturated rings. The van der Waals surface area contributed by atoms with E-state index in [2.05, 4.69) is 20.0 Å². The molecule has 1 rings (SSSR count). The molecule has 0 saturated carbocycles. The van der Waals surface area contributed by atoms with Crippen molar-refractivity contribution in [1.82, 2.24) is 15.3 Å². The summed E-state index contributed by atoms with van der Waals surface area (Å²) in [5.41, 5.74) is 1.08. The van der Waals surface area contributed by atoms with Gasteiger partial charge in [-0.15, -0.1) is 0 Å². The van der Waals surface area contributed by atoms with Crippen LogP contribution in [0.15, 0.2) is 12.5 Å². The van der Waals surface area contributed by atoms with Gasteiger partial charge in [0.2, 0.25) is 0 Å². The van der Waals surface area contributed by atoms with Crippen molar-refractivity contribution in [3.05, 3.63) is 18.2 Å². The minimum atomic E-state index is -0.141. The molecular weight excluding hydrogens is 226 g/mol. The number of aromatic amines is 1. The number of H-pyrrole nitrogens is 1. The van der Waals surface area contributed by atoms with E-state index >= 15 is 0 Å². The van der Waals surface area contributed by atoms with Crippen LogP contribution >= 0.6 is 11.8 Å². The highest BCUT2D eigenvalue weighted by Gasteiger charge is 1.99. The first-order chi connectivity index (χ1) is 7.83. The fourth-order valence-corrected chi connectivity index (χ4v) is 1.91. The number of thioether (sulfide) groups is 1. The molecule has 0 radical (unpaired) electrons. The number of hydrogen-bond donors (Lipinski definition) is 2. The van der Waals surface area contributed by atoms with Crippen LogP contribution in [0.4, 0.5) is 0 Å². The molecule has 6 heteroatoms. The topological polar surface area (TPSA) is 67.0 Å². The molecule has 0 spiro atoms. The van der Waals surface area contributed by atoms with Gasteiger partial charge in [0.1, 0.15) is 0 Å². The molecule has 0 bridgehead atoms. The zero-order chi connectivity index (χ0) is 11.6. The third-order valence-corrected chi connectivity index (χ3v) is 2.96. The molecule has 0 aliphatic heterocycles. The van der Waals surface area contributed by atoms with Gasteiger partial charge in [-0.25, -0.2) is 4.98 Å². The second-order valence-electron chi connectivity index (χ2n) is 3.19. The van der Waals surface area contributed by atoms with Crippen LogP contribution in [-0.4, -0.2) is 41.1 Å². The molecule has 0 saturated heterocycles. The molecule has 0 amide bonds. The molecule has 0 atom stereocenters. The van der Waals surface area contributed by atoms with Gasteiger partial charge in [-0.3, -0.25) is 4.79 Å². The molecule has 1 heterocycles. The smallest absolute Gasteiger partial charge is 0.306 e. The number of ether oxygens (including phenoxy) is 1. The second kappa shape index (κ2) is 8.18. The molecule has 1 aromatic rings. The lowest BCUT2D eigenvalue weighted by Crippen LogP contribution is -2.17. The summed E-state index contributed by atoms with van der Waals surface area (Å²) in [6.45, 7) is 1.72. The van der Waals surface area contributed by atoms with Crippen LogP contribution in [-0.2, 0) is 16.1 Å². The van der Waals surface area contributed by atoms with E-state index in [4.69, 9.17) is 0 Å². The first kappa shape index (κ1) is 13.1. The predicted octanol–water partition coefficient (Wildman–Crippen LogP) is 0.796. The van der Waals surface area contributed by atoms with Gasteiger partial charge in [-0.1, -0.05) is 0 Å². The fourth-order valence-electron chi connectivity index (χ4n) is 1.11. The fraction of sp³-hybridized carbons (Fsp3) is 0.600. The van der Waals surface area contributed by atoms with Crippen molar-refractivity contribution in [3.63, 3.8) is 0 Å². The Morgan fingerprint density at radius 3 is 3.19 bits per heavy atom. The van der Waals surface area contributed by atoms with Crippen molar-refractivity contribution in [1.29, 1.82) is 0 Å². The molecule has 2 N–H and O–H groups in total. The summed E-state index contributed by atoms with van der Waals surface area (Å²) in [4.78, 5) is 17.7. The van der Waals surface area contributed by atoms with Crippen LogP contribution in [0.5, 0.6) is 0 Å². The summed E-state index contributed by atoms with van der Waals surface area (Å²) < 4.78 is 4.55. The van der Waals surface area contributed by atoms with Gasteiger partial charge < -0.3 is 15.0 Å². The Kier molecular flexibility index (Phi) is 6.67. The zero-order valence-corrected chi connectivity index (χ0v) is 10.2. The van der Waals surface area contributed by atoms with Crippen molar-refractivity contribution in [2.75, 3.05) is 25.2 Å². The number of methoxy groups -OCH3 is 1. The molecule has 0 unspecified atom stereocenters. The van der Waals surface area contributed by atoms with Crippen molar-refractivity contribution in [2.24, 2.45) is 0 Å². The van der Waals surface area contributed by atoms with Crippen LogP contribution < -0.4 is 5.32 Å². The van der Waals surface area contributed by atoms with Crippen LogP contribution in [0.2, 0.25) is 0 Å². The molecule has 0 aromatic carbocycles. The quantitative estimate of drug-likeness (QED) is 0.522. The number of aromatic nitrogens is 2. The highest BCUT2D eigenvalue weighted by Crippen LogP contribution is 2.02. The highest BCUT2D eigenvalue weighted by atomic mass is 32.2. The first-order valence-electron chi connectivity index (χ1n) is 5.15. The van der Waals surface area contributed by atoms with E-state index in [0.717, 1.165) is 30.3 Å². The van der Waals surface area contributed by atoms with E-state index in [1.807, 2.05) is 0 Å². The number of esters is 1. The Morgan fingerprint density at radius 2 is 2.50 bits per heavy atom. The SMILES string of the molecule is COC(=O)CCSCCNCc1cnc[nH]1. The normalized spacial score (nSPS) is 10.3. The Labute approximate surface area is 99.4 Å². The lowest BCUT2D eigenvalue weighted by atomic mass is 10.5. The van der Waals surface area contributed by atoms with Gasteiger partial charge in [0.05, 0.1) is 19.9 Å². The largest absolute Gasteiger partial charge is 0.469 e. The number of nitrogens with one attached hydrogen (secondary N) is 2. The van der Waals surface area contributed by atoms with Crippen molar-refractivity contribution < 1.29 is 9.53 Å². The highest BCUT2D eigenvalue weighted by molar-refractivity contribution is 7.99. The van der Waals surface area contributed by atoms with E-state index in [1.54, 1.807) is 24.3 Å². The number of rotatable bonds is 8. The van der Waals surface area contributed by atoms with Gasteiger partial charge in [-0.05, 0) is 0 Å². The van der Waals surface area contributed by atoms with E-state index < -0.39 is 0 Å². The Bertz CT molecular complexity index is 290. The van der Waals surface area contributed by atoms with E-state index in [0.29, 0.717) is 6.42 Å². The van der Waals surface area contributed by atoms with Crippen molar-refractivity contribution in [2.45, 2.75) is 13.0 Å². The average Bonchev–Trinajstić information content (AvgIpc) is 2.80. The Balaban J connectivity index is 1.87. The molecule has 0 aliphatic rings. The summed E-state index contributed by atoms with van der Waals surface area (Å²) >= 11 is 1.74. The first-order valence-corrected chi connectivity index (χ1v) is 6.31. The van der Waals surface area contributed by atoms with Gasteiger partial charge in [0.15, 0.2) is 0 Å². The molecule has 90 valence electrons. The molecular formula is C10H17N3O2S. The van der Waals surface area contributed by atoms with E-state index in [-0.39, 0.29) is 5.97 Å². The molecule has 0 aliphatic carbocycles. The number of carbonyl (C=O) groups is 1. The predicted molar refractivity (Wildman–Crippen MR) is 64.3 cm³/mol. The number of carbonyl (C=O) groups excluding carboxylic acids is 1. The van der Waals surface area contributed by atoms with Crippen LogP contribution in [0, 0.1) is 0 Å². The summed E-state index contributed by atoms with van der Waals surface area (Å²) in [5.74, 6) is 1.67. The monoisotopic (exact) mass is 243 g/mol. The van der Waals surface area contributed by atoms with Crippen LogP contribution in [0.25, 0.3) is 0 Å². The maximum Gasteiger partial charge on any atom is 0.306 e. The van der Waals surface area contributed by atoms with Crippen molar-refractivity contribution in [3.8, 4) is 0 Å². The average molecular weight is 243 g/mol. The van der Waals surface area contributed by atoms with Gasteiger partial charge in [0.25, 0.3) is 0 Å². The number of hydrogen-bond acceptors (Lipinski definition) is 5. The van der Waals surface area contributed by atoms with Crippen LogP contribution in [0.1, 0.15) is 12.1 Å². The van der Waals surface area contributed by atoms with E-state index in [9.17, 15) is 4.79 Å². The number of imidazole rings is 1. The van der Waals surface area contributed by atoms with Crippen LogP contribution in [0.3, 0.4) is 0 Å². The summed E-state index contributed by atoms with van der Waals surface area (Å²) in [5, 5.41) is 3.28. The second-order valence-corrected chi connectivity index (χ2v) is 4.42. The summed E-state index contributed by atoms with van der Waals surface area (Å²) in [6, 6.07) is 0. The Morgan fingerprint density at radius 1 is 1.62 bits per heavy atom. The third kappa shape index (κ3) is 5.77. The zero-order valence-electron chi connectivity index (χ0n) is 9.36. The summed E-state index contributed by atoms with van der Waals surface area (Å²) in [7, 11) is 1.42. The van der Waals surface area contributed by atoms with Gasteiger partial charge in [-0.2, -0.15) is 11.8 Å².